The summed E-state index contributed by atoms with van der Waals surface area (Å²) in [5.41, 5.74) is 1.17. The maximum absolute atomic E-state index is 13.7. The monoisotopic (exact) mass is 310 g/mol. The molecule has 1 aromatic heterocycles. The van der Waals surface area contributed by atoms with Gasteiger partial charge in [0, 0.05) is 18.5 Å². The molecule has 1 atom stereocenters. The molecule has 110 valence electrons. The van der Waals surface area contributed by atoms with Crippen molar-refractivity contribution in [2.24, 2.45) is 0 Å². The number of hydrogen-bond donors (Lipinski definition) is 0. The lowest BCUT2D eigenvalue weighted by Gasteiger charge is -2.12. The van der Waals surface area contributed by atoms with Gasteiger partial charge in [-0.15, -0.1) is 0 Å². The first-order valence-electron chi connectivity index (χ1n) is 6.40. The number of benzene rings is 1. The SMILES string of the molecule is Cc1cnc(S(=O)(=O)[C@@H]2CCc3c(F)cc(F)cc32)nc1. The molecule has 0 unspecified atom stereocenters. The van der Waals surface area contributed by atoms with Crippen LogP contribution in [0.3, 0.4) is 0 Å². The van der Waals surface area contributed by atoms with Crippen LogP contribution in [0.1, 0.15) is 28.4 Å². The van der Waals surface area contributed by atoms with Gasteiger partial charge in [0.15, 0.2) is 0 Å². The van der Waals surface area contributed by atoms with Crippen LogP contribution in [0.2, 0.25) is 0 Å². The van der Waals surface area contributed by atoms with E-state index in [1.54, 1.807) is 6.92 Å². The van der Waals surface area contributed by atoms with Crippen molar-refractivity contribution in [1.82, 2.24) is 9.97 Å². The highest BCUT2D eigenvalue weighted by molar-refractivity contribution is 7.91. The number of aryl methyl sites for hydroxylation is 1. The van der Waals surface area contributed by atoms with E-state index in [0.717, 1.165) is 17.7 Å². The average Bonchev–Trinajstić information content (AvgIpc) is 2.83. The van der Waals surface area contributed by atoms with E-state index < -0.39 is 26.7 Å². The molecule has 0 saturated carbocycles. The Hall–Kier alpha value is -1.89. The van der Waals surface area contributed by atoms with Crippen molar-refractivity contribution < 1.29 is 17.2 Å². The average molecular weight is 310 g/mol. The molecule has 0 N–H and O–H groups in total. The minimum absolute atomic E-state index is 0.177. The molecule has 0 radical (unpaired) electrons. The highest BCUT2D eigenvalue weighted by Crippen LogP contribution is 2.40. The number of sulfone groups is 1. The van der Waals surface area contributed by atoms with Crippen LogP contribution in [0, 0.1) is 18.6 Å². The van der Waals surface area contributed by atoms with Gasteiger partial charge in [-0.25, -0.2) is 27.2 Å². The third-order valence-electron chi connectivity index (χ3n) is 3.58. The Labute approximate surface area is 120 Å². The Bertz CT molecular complexity index is 804. The van der Waals surface area contributed by atoms with Crippen LogP contribution in [0.15, 0.2) is 29.7 Å². The molecular formula is C14H12F2N2O2S. The minimum Gasteiger partial charge on any atom is -0.227 e. The molecule has 0 bridgehead atoms. The van der Waals surface area contributed by atoms with Gasteiger partial charge in [-0.05, 0) is 42.5 Å². The molecule has 1 aliphatic carbocycles. The molecule has 3 rings (SSSR count). The molecule has 1 aromatic carbocycles. The second kappa shape index (κ2) is 4.84. The third-order valence-corrected chi connectivity index (χ3v) is 5.54. The standard InChI is InChI=1S/C14H12F2N2O2S/c1-8-6-17-14(18-7-8)21(19,20)13-3-2-10-11(13)4-9(15)5-12(10)16/h4-7,13H,2-3H2,1H3/t13-/m1/s1. The van der Waals surface area contributed by atoms with Gasteiger partial charge in [0.25, 0.3) is 0 Å². The Morgan fingerprint density at radius 3 is 2.52 bits per heavy atom. The van der Waals surface area contributed by atoms with Crippen molar-refractivity contribution in [3.8, 4) is 0 Å². The van der Waals surface area contributed by atoms with Crippen LogP contribution >= 0.6 is 0 Å². The first kappa shape index (κ1) is 14.1. The molecule has 21 heavy (non-hydrogen) atoms. The molecule has 7 heteroatoms. The summed E-state index contributed by atoms with van der Waals surface area (Å²) in [7, 11) is -3.86. The first-order valence-corrected chi connectivity index (χ1v) is 7.94. The second-order valence-electron chi connectivity index (χ2n) is 5.07. The second-order valence-corrected chi connectivity index (χ2v) is 7.09. The van der Waals surface area contributed by atoms with E-state index in [2.05, 4.69) is 9.97 Å². The van der Waals surface area contributed by atoms with Gasteiger partial charge >= 0.3 is 0 Å². The highest BCUT2D eigenvalue weighted by atomic mass is 32.2. The highest BCUT2D eigenvalue weighted by Gasteiger charge is 2.38. The summed E-state index contributed by atoms with van der Waals surface area (Å²) in [6.07, 6.45) is 3.27. The number of halogens is 2. The fourth-order valence-corrected chi connectivity index (χ4v) is 4.21. The third kappa shape index (κ3) is 2.31. The molecule has 1 heterocycles. The van der Waals surface area contributed by atoms with E-state index in [1.165, 1.54) is 12.4 Å². The van der Waals surface area contributed by atoms with E-state index in [1.807, 2.05) is 0 Å². The molecule has 1 aliphatic rings. The van der Waals surface area contributed by atoms with Crippen LogP contribution < -0.4 is 0 Å². The molecule has 0 amide bonds. The van der Waals surface area contributed by atoms with E-state index in [4.69, 9.17) is 0 Å². The number of fused-ring (bicyclic) bond motifs is 1. The summed E-state index contributed by atoms with van der Waals surface area (Å²) in [5.74, 6) is -1.48. The number of rotatable bonds is 2. The molecule has 0 aliphatic heterocycles. The van der Waals surface area contributed by atoms with E-state index in [9.17, 15) is 17.2 Å². The molecule has 0 fully saturated rings. The summed E-state index contributed by atoms with van der Waals surface area (Å²) >= 11 is 0. The summed E-state index contributed by atoms with van der Waals surface area (Å²) < 4.78 is 52.2. The lowest BCUT2D eigenvalue weighted by atomic mass is 10.1. The smallest absolute Gasteiger partial charge is 0.227 e. The zero-order valence-corrected chi connectivity index (χ0v) is 12.0. The van der Waals surface area contributed by atoms with Crippen molar-refractivity contribution in [2.45, 2.75) is 30.2 Å². The number of hydrogen-bond acceptors (Lipinski definition) is 4. The van der Waals surface area contributed by atoms with Gasteiger partial charge in [-0.1, -0.05) is 0 Å². The fraction of sp³-hybridized carbons (Fsp3) is 0.286. The van der Waals surface area contributed by atoms with Crippen LogP contribution in [0.4, 0.5) is 8.78 Å². The van der Waals surface area contributed by atoms with Crippen LogP contribution in [0.5, 0.6) is 0 Å². The zero-order chi connectivity index (χ0) is 15.2. The van der Waals surface area contributed by atoms with Gasteiger partial charge in [-0.3, -0.25) is 0 Å². The summed E-state index contributed by atoms with van der Waals surface area (Å²) in [5, 5.41) is -1.31. The number of aromatic nitrogens is 2. The van der Waals surface area contributed by atoms with Crippen LogP contribution in [0.25, 0.3) is 0 Å². The van der Waals surface area contributed by atoms with Crippen LogP contribution in [-0.2, 0) is 16.3 Å². The fourth-order valence-electron chi connectivity index (χ4n) is 2.58. The van der Waals surface area contributed by atoms with Crippen molar-refractivity contribution in [3.63, 3.8) is 0 Å². The first-order chi connectivity index (χ1) is 9.89. The maximum atomic E-state index is 13.7. The van der Waals surface area contributed by atoms with E-state index >= 15 is 0 Å². The largest absolute Gasteiger partial charge is 0.247 e. The summed E-state index contributed by atoms with van der Waals surface area (Å²) in [6.45, 7) is 1.74. The van der Waals surface area contributed by atoms with Gasteiger partial charge in [0.05, 0.1) is 5.25 Å². The summed E-state index contributed by atoms with van der Waals surface area (Å²) in [4.78, 5) is 7.65. The molecule has 2 aromatic rings. The normalized spacial score (nSPS) is 17.8. The van der Waals surface area contributed by atoms with Gasteiger partial charge in [0.2, 0.25) is 15.0 Å². The summed E-state index contributed by atoms with van der Waals surface area (Å²) in [6, 6.07) is 1.86. The molecular weight excluding hydrogens is 298 g/mol. The molecule has 0 spiro atoms. The minimum atomic E-state index is -3.86. The van der Waals surface area contributed by atoms with Gasteiger partial charge in [0.1, 0.15) is 11.6 Å². The van der Waals surface area contributed by atoms with Gasteiger partial charge in [-0.2, -0.15) is 0 Å². The Balaban J connectivity index is 2.10. The Morgan fingerprint density at radius 2 is 1.86 bits per heavy atom. The predicted octanol–water partition coefficient (Wildman–Crippen LogP) is 2.52. The predicted molar refractivity (Wildman–Crippen MR) is 71.4 cm³/mol. The molecule has 4 nitrogen and oxygen atoms in total. The van der Waals surface area contributed by atoms with Gasteiger partial charge < -0.3 is 0 Å². The van der Waals surface area contributed by atoms with E-state index in [0.29, 0.717) is 0 Å². The Morgan fingerprint density at radius 1 is 1.19 bits per heavy atom. The van der Waals surface area contributed by atoms with Crippen LogP contribution in [-0.4, -0.2) is 18.4 Å². The molecule has 0 saturated heterocycles. The van der Waals surface area contributed by atoms with Crippen molar-refractivity contribution in [3.05, 3.63) is 52.9 Å². The zero-order valence-electron chi connectivity index (χ0n) is 11.2. The van der Waals surface area contributed by atoms with Crippen molar-refractivity contribution in [1.29, 1.82) is 0 Å². The lowest BCUT2D eigenvalue weighted by Crippen LogP contribution is -2.14. The van der Waals surface area contributed by atoms with Crippen molar-refractivity contribution in [2.75, 3.05) is 0 Å². The quantitative estimate of drug-likeness (QED) is 0.800. The lowest BCUT2D eigenvalue weighted by molar-refractivity contribution is 0.569. The topological polar surface area (TPSA) is 59.9 Å². The maximum Gasteiger partial charge on any atom is 0.247 e. The Kier molecular flexibility index (Phi) is 3.24. The van der Waals surface area contributed by atoms with Crippen molar-refractivity contribution >= 4 is 9.84 Å². The van der Waals surface area contributed by atoms with E-state index in [-0.39, 0.29) is 29.1 Å². The number of nitrogens with zero attached hydrogens (tertiary/aromatic N) is 2.